The van der Waals surface area contributed by atoms with Crippen molar-refractivity contribution in [3.63, 3.8) is 0 Å². The maximum atomic E-state index is 13.1. The quantitative estimate of drug-likeness (QED) is 0.411. The molecule has 2 rings (SSSR count). The first-order chi connectivity index (χ1) is 14.1. The number of ether oxygens (including phenoxy) is 2. The van der Waals surface area contributed by atoms with Crippen LogP contribution in [0.25, 0.3) is 0 Å². The van der Waals surface area contributed by atoms with Crippen molar-refractivity contribution >= 4 is 17.7 Å². The molecule has 4 N–H and O–H groups in total. The summed E-state index contributed by atoms with van der Waals surface area (Å²) in [5.74, 6) is -2.41. The van der Waals surface area contributed by atoms with Gasteiger partial charge in [-0.1, -0.05) is 0 Å². The van der Waals surface area contributed by atoms with Gasteiger partial charge in [-0.15, -0.1) is 0 Å². The number of hydrogen-bond acceptors (Lipinski definition) is 8. The first-order valence-corrected chi connectivity index (χ1v) is 9.50. The summed E-state index contributed by atoms with van der Waals surface area (Å²) in [4.78, 5) is 27.1. The predicted molar refractivity (Wildman–Crippen MR) is 111 cm³/mol. The topological polar surface area (TPSA) is 142 Å². The van der Waals surface area contributed by atoms with Crippen molar-refractivity contribution < 1.29 is 39.5 Å². The molecule has 0 saturated carbocycles. The minimum Gasteiger partial charge on any atom is -0.504 e. The number of carbonyl (C=O) groups is 2. The maximum Gasteiger partial charge on any atom is 0.415 e. The van der Waals surface area contributed by atoms with Crippen molar-refractivity contribution in [3.8, 4) is 23.3 Å². The fourth-order valence-electron chi connectivity index (χ4n) is 2.86. The van der Waals surface area contributed by atoms with E-state index < -0.39 is 40.9 Å². The molecule has 0 bridgehead atoms. The summed E-state index contributed by atoms with van der Waals surface area (Å²) in [6, 6.07) is 6.08. The molecule has 1 atom stereocenters. The van der Waals surface area contributed by atoms with E-state index in [1.54, 1.807) is 20.8 Å². The Balaban J connectivity index is 2.43. The fraction of sp³-hybridized carbons (Fsp3) is 0.429. The number of esters is 1. The van der Waals surface area contributed by atoms with E-state index >= 15 is 0 Å². The Kier molecular flexibility index (Phi) is 6.34. The molecule has 10 heteroatoms. The van der Waals surface area contributed by atoms with Crippen LogP contribution in [0.3, 0.4) is 0 Å². The highest BCUT2D eigenvalue weighted by molar-refractivity contribution is 5.98. The molecule has 1 amide bonds. The number of benzene rings is 1. The third-order valence-corrected chi connectivity index (χ3v) is 4.37. The van der Waals surface area contributed by atoms with Gasteiger partial charge in [-0.2, -0.15) is 0 Å². The van der Waals surface area contributed by atoms with E-state index in [-0.39, 0.29) is 17.4 Å². The number of phenolic OH excluding ortho intramolecular Hbond substituents is 2. The molecule has 1 unspecified atom stereocenters. The zero-order valence-electron chi connectivity index (χ0n) is 18.3. The van der Waals surface area contributed by atoms with Crippen LogP contribution in [0, 0.1) is 0 Å². The number of hydrogen-bond donors (Lipinski definition) is 4. The number of rotatable bonds is 5. The highest BCUT2D eigenvalue weighted by Crippen LogP contribution is 2.35. The minimum absolute atomic E-state index is 0.0748. The number of anilines is 1. The largest absolute Gasteiger partial charge is 0.504 e. The number of aromatic hydroxyl groups is 4. The smallest absolute Gasteiger partial charge is 0.415 e. The summed E-state index contributed by atoms with van der Waals surface area (Å²) in [6.45, 7) is 9.21. The van der Waals surface area contributed by atoms with Crippen LogP contribution < -0.4 is 4.90 Å². The normalized spacial score (nSPS) is 12.8. The first kappa shape index (κ1) is 23.7. The molecule has 10 nitrogen and oxygen atoms in total. The van der Waals surface area contributed by atoms with E-state index in [0.717, 1.165) is 15.5 Å². The Morgan fingerprint density at radius 1 is 0.935 bits per heavy atom. The second-order valence-electron chi connectivity index (χ2n) is 8.47. The van der Waals surface area contributed by atoms with Gasteiger partial charge in [0.05, 0.1) is 5.69 Å². The summed E-state index contributed by atoms with van der Waals surface area (Å²) < 4.78 is 11.8. The van der Waals surface area contributed by atoms with Gasteiger partial charge in [0, 0.05) is 18.2 Å². The predicted octanol–water partition coefficient (Wildman–Crippen LogP) is 3.59. The minimum atomic E-state index is -1.65. The van der Waals surface area contributed by atoms with Gasteiger partial charge in [0.2, 0.25) is 0 Å². The van der Waals surface area contributed by atoms with Gasteiger partial charge in [0.1, 0.15) is 11.1 Å². The number of carbonyl (C=O) groups excluding carboxylic acids is 2. The Morgan fingerprint density at radius 3 is 1.97 bits per heavy atom. The Hall–Kier alpha value is -3.56. The molecule has 0 aliphatic carbocycles. The molecule has 0 aliphatic heterocycles. The van der Waals surface area contributed by atoms with Crippen molar-refractivity contribution in [1.82, 2.24) is 4.57 Å². The van der Waals surface area contributed by atoms with Crippen molar-refractivity contribution in [2.45, 2.75) is 58.9 Å². The summed E-state index contributed by atoms with van der Waals surface area (Å²) >= 11 is 0. The van der Waals surface area contributed by atoms with Crippen LogP contribution in [0.2, 0.25) is 0 Å². The monoisotopic (exact) mass is 436 g/mol. The highest BCUT2D eigenvalue weighted by Gasteiger charge is 2.43. The van der Waals surface area contributed by atoms with Gasteiger partial charge in [0.25, 0.3) is 0 Å². The van der Waals surface area contributed by atoms with Gasteiger partial charge in [-0.25, -0.2) is 14.2 Å². The van der Waals surface area contributed by atoms with E-state index in [1.807, 2.05) is 0 Å². The molecule has 0 aliphatic rings. The SMILES string of the molecule is CC(OC(=O)C(C)(C)N(C(=O)OC(C)(C)C)c1ccc(O)c(O)c1)n1c(O)ccc1O. The number of phenols is 2. The Morgan fingerprint density at radius 2 is 1.48 bits per heavy atom. The second kappa shape index (κ2) is 8.29. The molecule has 1 heterocycles. The third-order valence-electron chi connectivity index (χ3n) is 4.37. The second-order valence-corrected chi connectivity index (χ2v) is 8.47. The van der Waals surface area contributed by atoms with Crippen molar-refractivity contribution in [2.24, 2.45) is 0 Å². The first-order valence-electron chi connectivity index (χ1n) is 9.50. The van der Waals surface area contributed by atoms with Crippen LogP contribution in [0.1, 0.15) is 47.8 Å². The molecular weight excluding hydrogens is 408 g/mol. The summed E-state index contributed by atoms with van der Waals surface area (Å²) in [5, 5.41) is 39.2. The number of aromatic nitrogens is 1. The summed E-state index contributed by atoms with van der Waals surface area (Å²) in [6.07, 6.45) is -1.99. The summed E-state index contributed by atoms with van der Waals surface area (Å²) in [7, 11) is 0. The molecule has 2 aromatic rings. The van der Waals surface area contributed by atoms with E-state index in [9.17, 15) is 30.0 Å². The van der Waals surface area contributed by atoms with Crippen LogP contribution in [0.4, 0.5) is 10.5 Å². The van der Waals surface area contributed by atoms with Crippen molar-refractivity contribution in [3.05, 3.63) is 30.3 Å². The molecule has 1 aromatic carbocycles. The fourth-order valence-corrected chi connectivity index (χ4v) is 2.86. The van der Waals surface area contributed by atoms with E-state index in [1.165, 1.54) is 45.0 Å². The molecule has 170 valence electrons. The maximum absolute atomic E-state index is 13.1. The van der Waals surface area contributed by atoms with Gasteiger partial charge in [-0.05, 0) is 53.7 Å². The zero-order valence-corrected chi connectivity index (χ0v) is 18.3. The average Bonchev–Trinajstić information content (AvgIpc) is 2.94. The molecule has 0 spiro atoms. The van der Waals surface area contributed by atoms with E-state index in [4.69, 9.17) is 9.47 Å². The molecule has 0 saturated heterocycles. The third kappa shape index (κ3) is 5.14. The van der Waals surface area contributed by atoms with Gasteiger partial charge < -0.3 is 29.9 Å². The lowest BCUT2D eigenvalue weighted by Gasteiger charge is -2.38. The number of amides is 1. The van der Waals surface area contributed by atoms with Crippen molar-refractivity contribution in [2.75, 3.05) is 4.90 Å². The molecule has 31 heavy (non-hydrogen) atoms. The number of nitrogens with zero attached hydrogens (tertiary/aromatic N) is 2. The Bertz CT molecular complexity index is 955. The average molecular weight is 436 g/mol. The van der Waals surface area contributed by atoms with Gasteiger partial charge in [-0.3, -0.25) is 4.90 Å². The van der Waals surface area contributed by atoms with Crippen LogP contribution in [-0.2, 0) is 14.3 Å². The standard InChI is InChI=1S/C21H28N2O8/c1-12(22-16(26)9-10-17(22)27)30-18(28)21(5,6)23(19(29)31-20(2,3)4)13-7-8-14(24)15(25)11-13/h7-12,24-27H,1-6H3. The van der Waals surface area contributed by atoms with Gasteiger partial charge in [0.15, 0.2) is 29.5 Å². The van der Waals surface area contributed by atoms with Crippen LogP contribution in [-0.4, -0.2) is 48.2 Å². The van der Waals surface area contributed by atoms with E-state index in [0.29, 0.717) is 0 Å². The Labute approximate surface area is 179 Å². The lowest BCUT2D eigenvalue weighted by Crippen LogP contribution is -2.55. The van der Waals surface area contributed by atoms with Crippen LogP contribution >= 0.6 is 0 Å². The lowest BCUT2D eigenvalue weighted by atomic mass is 10.0. The molecule has 0 fully saturated rings. The highest BCUT2D eigenvalue weighted by atomic mass is 16.6. The molecular formula is C21H28N2O8. The van der Waals surface area contributed by atoms with Crippen LogP contribution in [0.15, 0.2) is 30.3 Å². The van der Waals surface area contributed by atoms with Crippen LogP contribution in [0.5, 0.6) is 23.3 Å². The molecule has 1 aromatic heterocycles. The lowest BCUT2D eigenvalue weighted by molar-refractivity contribution is -0.158. The van der Waals surface area contributed by atoms with E-state index in [2.05, 4.69) is 0 Å². The van der Waals surface area contributed by atoms with Crippen molar-refractivity contribution in [1.29, 1.82) is 0 Å². The molecule has 0 radical (unpaired) electrons. The summed E-state index contributed by atoms with van der Waals surface area (Å²) in [5.41, 5.74) is -2.46. The van der Waals surface area contributed by atoms with Gasteiger partial charge >= 0.3 is 12.1 Å². The zero-order chi connectivity index (χ0) is 23.7.